The lowest BCUT2D eigenvalue weighted by molar-refractivity contribution is -0.132. The second kappa shape index (κ2) is 4.61. The summed E-state index contributed by atoms with van der Waals surface area (Å²) in [6.45, 7) is 3.29. The zero-order valence-electron chi connectivity index (χ0n) is 9.52. The molecule has 0 bridgehead atoms. The molecule has 4 nitrogen and oxygen atoms in total. The quantitative estimate of drug-likeness (QED) is 0.796. The second-order valence-corrected chi connectivity index (χ2v) is 4.36. The molecule has 0 radical (unpaired) electrons. The van der Waals surface area contributed by atoms with E-state index >= 15 is 0 Å². The first-order chi connectivity index (χ1) is 7.66. The average molecular weight is 219 g/mol. The molecule has 0 saturated carbocycles. The molecule has 0 spiro atoms. The van der Waals surface area contributed by atoms with Crippen LogP contribution in [0.3, 0.4) is 0 Å². The van der Waals surface area contributed by atoms with Crippen molar-refractivity contribution in [1.29, 1.82) is 0 Å². The molecule has 2 heterocycles. The molecule has 1 aliphatic rings. The van der Waals surface area contributed by atoms with Crippen molar-refractivity contribution >= 4 is 5.91 Å². The van der Waals surface area contributed by atoms with Gasteiger partial charge in [-0.3, -0.25) is 9.78 Å². The van der Waals surface area contributed by atoms with Gasteiger partial charge in [0, 0.05) is 43.9 Å². The van der Waals surface area contributed by atoms with Crippen LogP contribution in [0.5, 0.6) is 0 Å². The highest BCUT2D eigenvalue weighted by atomic mass is 16.2. The predicted octanol–water partition coefficient (Wildman–Crippen LogP) is 0.704. The molecule has 0 saturated heterocycles. The number of nitrogens with two attached hydrogens (primary N) is 1. The molecule has 1 aromatic rings. The molecule has 1 amide bonds. The van der Waals surface area contributed by atoms with Gasteiger partial charge < -0.3 is 10.6 Å². The van der Waals surface area contributed by atoms with E-state index in [9.17, 15) is 4.79 Å². The Hall–Kier alpha value is -1.42. The van der Waals surface area contributed by atoms with Crippen LogP contribution in [-0.2, 0) is 17.8 Å². The van der Waals surface area contributed by atoms with Gasteiger partial charge in [0.25, 0.3) is 0 Å². The van der Waals surface area contributed by atoms with Crippen molar-refractivity contribution in [2.24, 2.45) is 5.73 Å². The fourth-order valence-corrected chi connectivity index (χ4v) is 1.98. The molecule has 16 heavy (non-hydrogen) atoms. The summed E-state index contributed by atoms with van der Waals surface area (Å²) in [5, 5.41) is 0. The maximum atomic E-state index is 11.8. The smallest absolute Gasteiger partial charge is 0.224 e. The highest BCUT2D eigenvalue weighted by Gasteiger charge is 2.21. The van der Waals surface area contributed by atoms with Crippen LogP contribution in [0.4, 0.5) is 0 Å². The number of aromatic nitrogens is 1. The van der Waals surface area contributed by atoms with Crippen LogP contribution in [0.25, 0.3) is 0 Å². The van der Waals surface area contributed by atoms with Gasteiger partial charge in [0.1, 0.15) is 0 Å². The lowest BCUT2D eigenvalue weighted by Crippen LogP contribution is -2.38. The third-order valence-electron chi connectivity index (χ3n) is 2.81. The molecule has 86 valence electrons. The Morgan fingerprint density at radius 2 is 2.50 bits per heavy atom. The number of fused-ring (bicyclic) bond motifs is 1. The van der Waals surface area contributed by atoms with Gasteiger partial charge in [-0.05, 0) is 18.6 Å². The summed E-state index contributed by atoms with van der Waals surface area (Å²) in [5.74, 6) is 0.143. The van der Waals surface area contributed by atoms with E-state index in [-0.39, 0.29) is 11.9 Å². The molecule has 0 fully saturated rings. The molecular weight excluding hydrogens is 202 g/mol. The lowest BCUT2D eigenvalue weighted by Gasteiger charge is -2.28. The van der Waals surface area contributed by atoms with Gasteiger partial charge in [0.2, 0.25) is 5.91 Å². The standard InChI is InChI=1S/C12H17N3O/c1-9(13)7-12(16)15-6-4-11-10(8-15)3-2-5-14-11/h2-3,5,9H,4,6-8,13H2,1H3. The van der Waals surface area contributed by atoms with Crippen LogP contribution in [0.1, 0.15) is 24.6 Å². The molecule has 2 N–H and O–H groups in total. The molecule has 0 aromatic carbocycles. The van der Waals surface area contributed by atoms with Crippen molar-refractivity contribution in [2.45, 2.75) is 32.4 Å². The fourth-order valence-electron chi connectivity index (χ4n) is 1.98. The van der Waals surface area contributed by atoms with Crippen molar-refractivity contribution in [2.75, 3.05) is 6.54 Å². The van der Waals surface area contributed by atoms with Crippen molar-refractivity contribution in [3.05, 3.63) is 29.6 Å². The van der Waals surface area contributed by atoms with Gasteiger partial charge in [0.15, 0.2) is 0 Å². The van der Waals surface area contributed by atoms with Gasteiger partial charge in [-0.2, -0.15) is 0 Å². The Morgan fingerprint density at radius 3 is 3.25 bits per heavy atom. The lowest BCUT2D eigenvalue weighted by atomic mass is 10.1. The number of hydrogen-bond acceptors (Lipinski definition) is 3. The largest absolute Gasteiger partial charge is 0.338 e. The van der Waals surface area contributed by atoms with Crippen LogP contribution < -0.4 is 5.73 Å². The minimum Gasteiger partial charge on any atom is -0.338 e. The Labute approximate surface area is 95.5 Å². The van der Waals surface area contributed by atoms with Crippen molar-refractivity contribution in [3.8, 4) is 0 Å². The van der Waals surface area contributed by atoms with Gasteiger partial charge in [0.05, 0.1) is 0 Å². The van der Waals surface area contributed by atoms with Gasteiger partial charge in [-0.1, -0.05) is 6.07 Å². The molecule has 0 aliphatic carbocycles. The third-order valence-corrected chi connectivity index (χ3v) is 2.81. The van der Waals surface area contributed by atoms with E-state index in [1.807, 2.05) is 24.0 Å². The summed E-state index contributed by atoms with van der Waals surface area (Å²) in [7, 11) is 0. The third kappa shape index (κ3) is 2.39. The summed E-state index contributed by atoms with van der Waals surface area (Å²) >= 11 is 0. The summed E-state index contributed by atoms with van der Waals surface area (Å²) in [4.78, 5) is 18.0. The highest BCUT2D eigenvalue weighted by Crippen LogP contribution is 2.17. The van der Waals surface area contributed by atoms with Gasteiger partial charge in [-0.25, -0.2) is 0 Å². The first kappa shape index (κ1) is 11.1. The average Bonchev–Trinajstić information content (AvgIpc) is 2.27. The maximum Gasteiger partial charge on any atom is 0.224 e. The van der Waals surface area contributed by atoms with E-state index in [0.717, 1.165) is 24.2 Å². The zero-order valence-corrected chi connectivity index (χ0v) is 9.52. The number of nitrogens with zero attached hydrogens (tertiary/aromatic N) is 2. The molecular formula is C12H17N3O. The zero-order chi connectivity index (χ0) is 11.5. The van der Waals surface area contributed by atoms with Crippen LogP contribution in [0.15, 0.2) is 18.3 Å². The fraction of sp³-hybridized carbons (Fsp3) is 0.500. The summed E-state index contributed by atoms with van der Waals surface area (Å²) in [5.41, 5.74) is 7.91. The minimum absolute atomic E-state index is 0.0669. The highest BCUT2D eigenvalue weighted by molar-refractivity contribution is 5.77. The Morgan fingerprint density at radius 1 is 1.69 bits per heavy atom. The molecule has 1 aliphatic heterocycles. The van der Waals surface area contributed by atoms with Crippen LogP contribution in [-0.4, -0.2) is 28.4 Å². The Balaban J connectivity index is 2.05. The predicted molar refractivity (Wildman–Crippen MR) is 61.6 cm³/mol. The summed E-state index contributed by atoms with van der Waals surface area (Å²) in [6.07, 6.45) is 3.08. The SMILES string of the molecule is CC(N)CC(=O)N1CCc2ncccc2C1. The van der Waals surface area contributed by atoms with Crippen LogP contribution in [0, 0.1) is 0 Å². The molecule has 4 heteroatoms. The first-order valence-electron chi connectivity index (χ1n) is 5.63. The number of carbonyl (C=O) groups is 1. The molecule has 1 atom stereocenters. The molecule has 1 unspecified atom stereocenters. The summed E-state index contributed by atoms with van der Waals surface area (Å²) in [6, 6.07) is 3.88. The van der Waals surface area contributed by atoms with E-state index < -0.39 is 0 Å². The number of hydrogen-bond donors (Lipinski definition) is 1. The maximum absolute atomic E-state index is 11.8. The van der Waals surface area contributed by atoms with Gasteiger partial charge >= 0.3 is 0 Å². The van der Waals surface area contributed by atoms with Crippen molar-refractivity contribution in [3.63, 3.8) is 0 Å². The van der Waals surface area contributed by atoms with E-state index in [4.69, 9.17) is 5.73 Å². The van der Waals surface area contributed by atoms with Gasteiger partial charge in [-0.15, -0.1) is 0 Å². The minimum atomic E-state index is -0.0669. The van der Waals surface area contributed by atoms with E-state index in [1.54, 1.807) is 6.20 Å². The Kier molecular flexibility index (Phi) is 3.19. The Bertz CT molecular complexity index is 390. The topological polar surface area (TPSA) is 59.2 Å². The van der Waals surface area contributed by atoms with E-state index in [0.29, 0.717) is 13.0 Å². The molecule has 1 aromatic heterocycles. The monoisotopic (exact) mass is 219 g/mol. The molecule has 2 rings (SSSR count). The van der Waals surface area contributed by atoms with Crippen molar-refractivity contribution in [1.82, 2.24) is 9.88 Å². The number of amides is 1. The van der Waals surface area contributed by atoms with E-state index in [2.05, 4.69) is 4.98 Å². The van der Waals surface area contributed by atoms with Crippen LogP contribution in [0.2, 0.25) is 0 Å². The summed E-state index contributed by atoms with van der Waals surface area (Å²) < 4.78 is 0. The van der Waals surface area contributed by atoms with Crippen LogP contribution >= 0.6 is 0 Å². The number of pyridine rings is 1. The van der Waals surface area contributed by atoms with Crippen molar-refractivity contribution < 1.29 is 4.79 Å². The first-order valence-corrected chi connectivity index (χ1v) is 5.63. The second-order valence-electron chi connectivity index (χ2n) is 4.36. The number of rotatable bonds is 2. The van der Waals surface area contributed by atoms with E-state index in [1.165, 1.54) is 0 Å². The normalized spacial score (nSPS) is 16.8. The number of carbonyl (C=O) groups excluding carboxylic acids is 1.